The van der Waals surface area contributed by atoms with Crippen molar-refractivity contribution >= 4 is 11.8 Å². The van der Waals surface area contributed by atoms with Crippen LogP contribution in [0.4, 0.5) is 0 Å². The van der Waals surface area contributed by atoms with E-state index >= 15 is 0 Å². The Kier molecular flexibility index (Phi) is 6.92. The summed E-state index contributed by atoms with van der Waals surface area (Å²) in [4.78, 5) is 27.0. The molecule has 0 aromatic heterocycles. The van der Waals surface area contributed by atoms with Crippen LogP contribution < -0.4 is 10.1 Å². The first-order valence-corrected chi connectivity index (χ1v) is 12.0. The summed E-state index contributed by atoms with van der Waals surface area (Å²) in [6.07, 6.45) is 2.04. The molecule has 0 bridgehead atoms. The highest BCUT2D eigenvalue weighted by Crippen LogP contribution is 2.48. The normalized spacial score (nSPS) is 19.4. The molecule has 1 aliphatic carbocycles. The summed E-state index contributed by atoms with van der Waals surface area (Å²) >= 11 is 0. The largest absolute Gasteiger partial charge is 0.493 e. The van der Waals surface area contributed by atoms with E-state index in [1.165, 1.54) is 0 Å². The van der Waals surface area contributed by atoms with Gasteiger partial charge in [0.25, 0.3) is 0 Å². The standard InChI is InChI=1S/C29H33NO4/c1-5-15-33-24-14-10-9-13-21(24)26-25(28(32)34-18-20-11-7-6-8-12-20)19(2)30-22-16-29(3,4)17-23(31)27(22)26/h6-14,26,30H,5,15-18H2,1-4H3/t26-/m0/s1. The third kappa shape index (κ3) is 4.93. The molecular weight excluding hydrogens is 426 g/mol. The molecule has 2 aromatic rings. The van der Waals surface area contributed by atoms with Gasteiger partial charge in [0, 0.05) is 29.0 Å². The number of carbonyl (C=O) groups excluding carboxylic acids is 2. The maximum absolute atomic E-state index is 13.5. The van der Waals surface area contributed by atoms with Gasteiger partial charge in [0.1, 0.15) is 12.4 Å². The van der Waals surface area contributed by atoms with Crippen molar-refractivity contribution in [2.45, 2.75) is 59.5 Å². The number of para-hydroxylation sites is 1. The number of carbonyl (C=O) groups is 2. The minimum Gasteiger partial charge on any atom is -0.493 e. The van der Waals surface area contributed by atoms with E-state index in [-0.39, 0.29) is 17.8 Å². The molecule has 178 valence electrons. The topological polar surface area (TPSA) is 64.6 Å². The van der Waals surface area contributed by atoms with Crippen LogP contribution in [0.1, 0.15) is 64.0 Å². The van der Waals surface area contributed by atoms with Gasteiger partial charge in [-0.15, -0.1) is 0 Å². The zero-order valence-electron chi connectivity index (χ0n) is 20.4. The SMILES string of the molecule is CCCOc1ccccc1[C@H]1C(C(=O)OCc2ccccc2)=C(C)NC2=C1C(=O)CC(C)(C)C2. The van der Waals surface area contributed by atoms with E-state index in [1.54, 1.807) is 0 Å². The highest BCUT2D eigenvalue weighted by molar-refractivity contribution is 6.04. The minimum absolute atomic E-state index is 0.0647. The lowest BCUT2D eigenvalue weighted by Gasteiger charge is -2.39. The molecule has 1 aliphatic heterocycles. The third-order valence-corrected chi connectivity index (χ3v) is 6.36. The molecule has 1 heterocycles. The van der Waals surface area contributed by atoms with E-state index in [4.69, 9.17) is 9.47 Å². The van der Waals surface area contributed by atoms with Gasteiger partial charge in [-0.25, -0.2) is 4.79 Å². The van der Waals surface area contributed by atoms with Crippen molar-refractivity contribution in [3.63, 3.8) is 0 Å². The summed E-state index contributed by atoms with van der Waals surface area (Å²) in [6.45, 7) is 8.88. The number of nitrogens with one attached hydrogen (secondary N) is 1. The Morgan fingerprint density at radius 1 is 1.06 bits per heavy atom. The fraction of sp³-hybridized carbons (Fsp3) is 0.379. The smallest absolute Gasteiger partial charge is 0.337 e. The van der Waals surface area contributed by atoms with Crippen molar-refractivity contribution in [3.8, 4) is 5.75 Å². The van der Waals surface area contributed by atoms with Crippen LogP contribution in [0.15, 0.2) is 77.1 Å². The van der Waals surface area contributed by atoms with E-state index in [9.17, 15) is 9.59 Å². The first-order chi connectivity index (χ1) is 16.3. The van der Waals surface area contributed by atoms with Gasteiger partial charge < -0.3 is 14.8 Å². The molecule has 0 amide bonds. The van der Waals surface area contributed by atoms with E-state index in [0.717, 1.165) is 35.4 Å². The summed E-state index contributed by atoms with van der Waals surface area (Å²) in [5.74, 6) is -0.193. The van der Waals surface area contributed by atoms with Crippen LogP contribution in [0, 0.1) is 5.41 Å². The van der Waals surface area contributed by atoms with Crippen molar-refractivity contribution in [2.75, 3.05) is 6.61 Å². The molecule has 1 atom stereocenters. The minimum atomic E-state index is -0.531. The second kappa shape index (κ2) is 9.88. The molecule has 2 aromatic carbocycles. The molecular formula is C29H33NO4. The summed E-state index contributed by atoms with van der Waals surface area (Å²) < 4.78 is 11.8. The Balaban J connectivity index is 1.77. The molecule has 0 fully saturated rings. The van der Waals surface area contributed by atoms with Gasteiger partial charge in [0.15, 0.2) is 5.78 Å². The quantitative estimate of drug-likeness (QED) is 0.528. The lowest BCUT2D eigenvalue weighted by Crippen LogP contribution is -2.38. The van der Waals surface area contributed by atoms with E-state index < -0.39 is 11.9 Å². The average molecular weight is 460 g/mol. The summed E-state index contributed by atoms with van der Waals surface area (Å²) in [5.41, 5.74) is 4.34. The number of rotatable bonds is 7. The molecule has 0 saturated carbocycles. The Morgan fingerprint density at radius 3 is 2.50 bits per heavy atom. The highest BCUT2D eigenvalue weighted by atomic mass is 16.5. The predicted octanol–water partition coefficient (Wildman–Crippen LogP) is 5.82. The number of ether oxygens (including phenoxy) is 2. The fourth-order valence-electron chi connectivity index (χ4n) is 4.88. The zero-order valence-corrected chi connectivity index (χ0v) is 20.4. The number of hydrogen-bond acceptors (Lipinski definition) is 5. The van der Waals surface area contributed by atoms with Crippen LogP contribution >= 0.6 is 0 Å². The lowest BCUT2D eigenvalue weighted by atomic mass is 9.68. The van der Waals surface area contributed by atoms with Crippen molar-refractivity contribution in [1.29, 1.82) is 0 Å². The van der Waals surface area contributed by atoms with Gasteiger partial charge in [0.05, 0.1) is 18.1 Å². The molecule has 2 aliphatic rings. The molecule has 1 N–H and O–H groups in total. The molecule has 0 radical (unpaired) electrons. The fourth-order valence-corrected chi connectivity index (χ4v) is 4.88. The van der Waals surface area contributed by atoms with Crippen LogP contribution in [0.2, 0.25) is 0 Å². The average Bonchev–Trinajstić information content (AvgIpc) is 2.80. The van der Waals surface area contributed by atoms with Gasteiger partial charge in [0.2, 0.25) is 0 Å². The monoisotopic (exact) mass is 459 g/mol. The molecule has 4 rings (SSSR count). The van der Waals surface area contributed by atoms with E-state index in [1.807, 2.05) is 61.5 Å². The van der Waals surface area contributed by atoms with Crippen LogP contribution in [-0.2, 0) is 20.9 Å². The first-order valence-electron chi connectivity index (χ1n) is 12.0. The second-order valence-electron chi connectivity index (χ2n) is 9.88. The number of benzene rings is 2. The van der Waals surface area contributed by atoms with Crippen LogP contribution in [0.3, 0.4) is 0 Å². The Hall–Kier alpha value is -3.34. The molecule has 34 heavy (non-hydrogen) atoms. The maximum Gasteiger partial charge on any atom is 0.337 e. The van der Waals surface area contributed by atoms with Gasteiger partial charge >= 0.3 is 5.97 Å². The Bertz CT molecular complexity index is 1140. The third-order valence-electron chi connectivity index (χ3n) is 6.36. The van der Waals surface area contributed by atoms with Gasteiger partial charge in [-0.3, -0.25) is 4.79 Å². The van der Waals surface area contributed by atoms with Crippen LogP contribution in [0.5, 0.6) is 5.75 Å². The first kappa shape index (κ1) is 23.8. The Morgan fingerprint density at radius 2 is 1.76 bits per heavy atom. The van der Waals surface area contributed by atoms with Crippen molar-refractivity contribution in [3.05, 3.63) is 88.3 Å². The van der Waals surface area contributed by atoms with Gasteiger partial charge in [-0.1, -0.05) is 69.3 Å². The predicted molar refractivity (Wildman–Crippen MR) is 132 cm³/mol. The number of dihydropyridines is 1. The summed E-state index contributed by atoms with van der Waals surface area (Å²) in [5, 5.41) is 3.39. The van der Waals surface area contributed by atoms with Gasteiger partial charge in [-0.05, 0) is 36.8 Å². The molecule has 0 spiro atoms. The number of hydrogen-bond donors (Lipinski definition) is 1. The molecule has 5 nitrogen and oxygen atoms in total. The van der Waals surface area contributed by atoms with Gasteiger partial charge in [-0.2, -0.15) is 0 Å². The molecule has 0 unspecified atom stereocenters. The number of Topliss-reactive ketones (excluding diaryl/α,β-unsaturated/α-hetero) is 1. The molecule has 5 heteroatoms. The highest BCUT2D eigenvalue weighted by Gasteiger charge is 2.44. The van der Waals surface area contributed by atoms with Crippen LogP contribution in [-0.4, -0.2) is 18.4 Å². The number of ketones is 1. The van der Waals surface area contributed by atoms with E-state index in [2.05, 4.69) is 26.1 Å². The second-order valence-corrected chi connectivity index (χ2v) is 9.88. The van der Waals surface area contributed by atoms with Crippen molar-refractivity contribution in [1.82, 2.24) is 5.32 Å². The lowest BCUT2D eigenvalue weighted by molar-refractivity contribution is -0.140. The van der Waals surface area contributed by atoms with Crippen LogP contribution in [0.25, 0.3) is 0 Å². The molecule has 0 saturated heterocycles. The number of esters is 1. The summed E-state index contributed by atoms with van der Waals surface area (Å²) in [7, 11) is 0. The van der Waals surface area contributed by atoms with E-state index in [0.29, 0.717) is 29.9 Å². The maximum atomic E-state index is 13.5. The summed E-state index contributed by atoms with van der Waals surface area (Å²) in [6, 6.07) is 17.3. The van der Waals surface area contributed by atoms with Crippen molar-refractivity contribution in [2.24, 2.45) is 5.41 Å². The number of allylic oxidation sites excluding steroid dienone is 3. The van der Waals surface area contributed by atoms with Crippen molar-refractivity contribution < 1.29 is 19.1 Å². The zero-order chi connectivity index (χ0) is 24.3. The Labute approximate surface area is 201 Å².